The van der Waals surface area contributed by atoms with Crippen LogP contribution in [-0.2, 0) is 15.2 Å². The maximum Gasteiger partial charge on any atom is 0.488 e. The Morgan fingerprint density at radius 1 is 1.55 bits per heavy atom. The molecule has 0 aromatic carbocycles. The molecule has 1 aromatic rings. The van der Waals surface area contributed by atoms with Gasteiger partial charge in [-0.25, -0.2) is 0 Å². The van der Waals surface area contributed by atoms with Gasteiger partial charge in [-0.15, -0.1) is 0 Å². The van der Waals surface area contributed by atoms with Crippen LogP contribution in [0.5, 0.6) is 5.75 Å². The second-order valence-corrected chi connectivity index (χ2v) is 5.93. The van der Waals surface area contributed by atoms with Crippen molar-refractivity contribution in [3.05, 3.63) is 24.0 Å². The lowest BCUT2D eigenvalue weighted by Crippen LogP contribution is -2.41. The fraction of sp³-hybridized carbons (Fsp3) is 0.538. The number of ether oxygens (including phenoxy) is 1. The van der Waals surface area contributed by atoms with Crippen LogP contribution >= 0.6 is 0 Å². The predicted octanol–water partition coefficient (Wildman–Crippen LogP) is 1.36. The Morgan fingerprint density at radius 2 is 2.32 bits per heavy atom. The number of rotatable bonds is 5. The van der Waals surface area contributed by atoms with E-state index in [1.807, 2.05) is 6.92 Å². The summed E-state index contributed by atoms with van der Waals surface area (Å²) in [4.78, 5) is 15.8. The predicted molar refractivity (Wildman–Crippen MR) is 75.4 cm³/mol. The smallest absolute Gasteiger partial charge is 0.378 e. The molecule has 0 bridgehead atoms. The minimum atomic E-state index is -5.15. The summed E-state index contributed by atoms with van der Waals surface area (Å²) < 4.78 is 42.9. The number of aromatic nitrogens is 1. The molecule has 9 heteroatoms. The van der Waals surface area contributed by atoms with E-state index >= 15 is 0 Å². The molecule has 2 rings (SSSR count). The molecular weight excluding hydrogens is 315 g/mol. The summed E-state index contributed by atoms with van der Waals surface area (Å²) in [6.45, 7) is 2.59. The number of halogens is 1. The second-order valence-electron chi connectivity index (χ2n) is 4.98. The molecule has 2 atom stereocenters. The van der Waals surface area contributed by atoms with E-state index in [2.05, 4.69) is 14.5 Å². The lowest BCUT2D eigenvalue weighted by atomic mass is 10.0. The molecule has 22 heavy (non-hydrogen) atoms. The van der Waals surface area contributed by atoms with Crippen molar-refractivity contribution >= 4 is 16.4 Å². The minimum absolute atomic E-state index is 0.0271. The van der Waals surface area contributed by atoms with E-state index < -0.39 is 16.4 Å². The number of carbonyl (C=O) groups is 1. The zero-order valence-electron chi connectivity index (χ0n) is 12.0. The Balaban J connectivity index is 2.02. The Labute approximate surface area is 128 Å². The van der Waals surface area contributed by atoms with Gasteiger partial charge in [-0.05, 0) is 25.3 Å². The lowest BCUT2D eigenvalue weighted by Gasteiger charge is -2.29. The summed E-state index contributed by atoms with van der Waals surface area (Å²) in [7, 11) is -5.15. The van der Waals surface area contributed by atoms with Gasteiger partial charge in [0.25, 0.3) is 5.91 Å². The zero-order valence-corrected chi connectivity index (χ0v) is 12.8. The van der Waals surface area contributed by atoms with Crippen LogP contribution in [-0.4, -0.2) is 38.1 Å². The monoisotopic (exact) mass is 332 g/mol. The van der Waals surface area contributed by atoms with E-state index in [1.54, 1.807) is 0 Å². The minimum Gasteiger partial charge on any atom is -0.378 e. The SMILES string of the molecule is CC[C@@H]1C[C@H](NC(=O)c2cncc(OS(=O)(=O)F)c2)CCO1. The Morgan fingerprint density at radius 3 is 3.00 bits per heavy atom. The van der Waals surface area contributed by atoms with E-state index in [9.17, 15) is 17.1 Å². The van der Waals surface area contributed by atoms with Crippen LogP contribution in [0.2, 0.25) is 0 Å². The number of carbonyl (C=O) groups excluding carboxylic acids is 1. The molecule has 1 aliphatic heterocycles. The van der Waals surface area contributed by atoms with Crippen molar-refractivity contribution in [2.75, 3.05) is 6.61 Å². The molecule has 1 fully saturated rings. The third-order valence-corrected chi connectivity index (χ3v) is 3.72. The fourth-order valence-corrected chi connectivity index (χ4v) is 2.59. The van der Waals surface area contributed by atoms with E-state index in [4.69, 9.17) is 4.74 Å². The average molecular weight is 332 g/mol. The van der Waals surface area contributed by atoms with Gasteiger partial charge in [0.15, 0.2) is 5.75 Å². The van der Waals surface area contributed by atoms with Crippen molar-refractivity contribution < 1.29 is 26.0 Å². The summed E-state index contributed by atoms with van der Waals surface area (Å²) >= 11 is 0. The maximum absolute atomic E-state index is 12.5. The van der Waals surface area contributed by atoms with Gasteiger partial charge in [-0.1, -0.05) is 10.8 Å². The van der Waals surface area contributed by atoms with Gasteiger partial charge in [0.1, 0.15) is 0 Å². The molecule has 7 nitrogen and oxygen atoms in total. The standard InChI is InChI=1S/C13H17FN2O5S/c1-2-11-6-10(3-4-20-11)16-13(17)9-5-12(8-15-7-9)21-22(14,18)19/h5,7-8,10-11H,2-4,6H2,1H3,(H,16,17)/t10-,11-/m1/s1. The number of hydrogen-bond donors (Lipinski definition) is 1. The van der Waals surface area contributed by atoms with Crippen LogP contribution < -0.4 is 9.50 Å². The van der Waals surface area contributed by atoms with Crippen molar-refractivity contribution in [1.29, 1.82) is 0 Å². The van der Waals surface area contributed by atoms with Gasteiger partial charge in [0.2, 0.25) is 0 Å². The van der Waals surface area contributed by atoms with Gasteiger partial charge in [0.05, 0.1) is 17.9 Å². The Bertz CT molecular complexity index is 637. The molecular formula is C13H17FN2O5S. The van der Waals surface area contributed by atoms with Crippen LogP contribution in [0.15, 0.2) is 18.5 Å². The van der Waals surface area contributed by atoms with Crippen molar-refractivity contribution in [3.63, 3.8) is 0 Å². The van der Waals surface area contributed by atoms with Crippen LogP contribution in [0.1, 0.15) is 36.5 Å². The van der Waals surface area contributed by atoms with Crippen molar-refractivity contribution in [1.82, 2.24) is 10.3 Å². The molecule has 1 aromatic heterocycles. The van der Waals surface area contributed by atoms with Gasteiger partial charge in [-0.3, -0.25) is 9.78 Å². The van der Waals surface area contributed by atoms with E-state index in [0.29, 0.717) is 19.4 Å². The lowest BCUT2D eigenvalue weighted by molar-refractivity contribution is 0.000618. The molecule has 122 valence electrons. The molecule has 1 aliphatic rings. The zero-order chi connectivity index (χ0) is 16.2. The van der Waals surface area contributed by atoms with Crippen LogP contribution in [0.3, 0.4) is 0 Å². The summed E-state index contributed by atoms with van der Waals surface area (Å²) in [5.74, 6) is -0.774. The average Bonchev–Trinajstić information content (AvgIpc) is 2.46. The molecule has 0 spiro atoms. The maximum atomic E-state index is 12.5. The second kappa shape index (κ2) is 7.01. The highest BCUT2D eigenvalue weighted by atomic mass is 32.3. The first-order chi connectivity index (χ1) is 10.4. The first-order valence-electron chi connectivity index (χ1n) is 6.89. The summed E-state index contributed by atoms with van der Waals surface area (Å²) in [5, 5.41) is 2.83. The highest BCUT2D eigenvalue weighted by Crippen LogP contribution is 2.18. The number of nitrogens with zero attached hydrogens (tertiary/aromatic N) is 1. The fourth-order valence-electron chi connectivity index (χ4n) is 2.27. The Hall–Kier alpha value is -1.74. The Kier molecular flexibility index (Phi) is 5.30. The molecule has 1 N–H and O–H groups in total. The van der Waals surface area contributed by atoms with Crippen LogP contribution in [0.4, 0.5) is 3.89 Å². The topological polar surface area (TPSA) is 94.6 Å². The van der Waals surface area contributed by atoms with Crippen LogP contribution in [0, 0.1) is 0 Å². The highest BCUT2D eigenvalue weighted by molar-refractivity contribution is 7.81. The molecule has 0 saturated carbocycles. The summed E-state index contributed by atoms with van der Waals surface area (Å²) in [5.41, 5.74) is 0.0979. The number of hydrogen-bond acceptors (Lipinski definition) is 6. The van der Waals surface area contributed by atoms with E-state index in [0.717, 1.165) is 18.7 Å². The van der Waals surface area contributed by atoms with Gasteiger partial charge in [-0.2, -0.15) is 8.42 Å². The van der Waals surface area contributed by atoms with E-state index in [1.165, 1.54) is 6.20 Å². The number of amides is 1. The largest absolute Gasteiger partial charge is 0.488 e. The number of pyridine rings is 1. The quantitative estimate of drug-likeness (QED) is 0.818. The summed E-state index contributed by atoms with van der Waals surface area (Å²) in [6, 6.07) is 1.09. The van der Waals surface area contributed by atoms with Crippen molar-refractivity contribution in [2.24, 2.45) is 0 Å². The van der Waals surface area contributed by atoms with Crippen LogP contribution in [0.25, 0.3) is 0 Å². The summed E-state index contributed by atoms with van der Waals surface area (Å²) in [6.07, 6.45) is 4.66. The third kappa shape index (κ3) is 4.92. The van der Waals surface area contributed by atoms with Gasteiger partial charge < -0.3 is 14.2 Å². The number of nitrogens with one attached hydrogen (secondary N) is 1. The molecule has 0 aliphatic carbocycles. The molecule has 0 radical (unpaired) electrons. The van der Waals surface area contributed by atoms with Crippen molar-refractivity contribution in [2.45, 2.75) is 38.3 Å². The van der Waals surface area contributed by atoms with Crippen molar-refractivity contribution in [3.8, 4) is 5.75 Å². The van der Waals surface area contributed by atoms with E-state index in [-0.39, 0.29) is 23.5 Å². The normalized spacial score (nSPS) is 22.1. The first kappa shape index (κ1) is 16.6. The van der Waals surface area contributed by atoms with Gasteiger partial charge >= 0.3 is 10.5 Å². The highest BCUT2D eigenvalue weighted by Gasteiger charge is 2.23. The molecule has 1 amide bonds. The first-order valence-corrected chi connectivity index (χ1v) is 8.20. The molecule has 0 unspecified atom stereocenters. The molecule has 1 saturated heterocycles. The van der Waals surface area contributed by atoms with Gasteiger partial charge in [0, 0.05) is 18.8 Å². The third-order valence-electron chi connectivity index (χ3n) is 3.33. The molecule has 2 heterocycles.